The third kappa shape index (κ3) is 15.7. The van der Waals surface area contributed by atoms with Crippen LogP contribution in [0.5, 0.6) is 0 Å². The predicted molar refractivity (Wildman–Crippen MR) is 38.0 cm³/mol. The van der Waals surface area contributed by atoms with Gasteiger partial charge in [0.2, 0.25) is 12.2 Å². The molecule has 0 amide bonds. The van der Waals surface area contributed by atoms with E-state index in [0.29, 0.717) is 6.61 Å². The van der Waals surface area contributed by atoms with E-state index in [0.717, 1.165) is 6.08 Å². The summed E-state index contributed by atoms with van der Waals surface area (Å²) in [5.41, 5.74) is 0. The number of carbonyl (C=O) groups is 1. The van der Waals surface area contributed by atoms with Crippen LogP contribution in [0.1, 0.15) is 6.92 Å². The zero-order valence-electron chi connectivity index (χ0n) is 6.49. The summed E-state index contributed by atoms with van der Waals surface area (Å²) in [6, 6.07) is 0. The van der Waals surface area contributed by atoms with E-state index in [4.69, 9.17) is 10.2 Å². The summed E-state index contributed by atoms with van der Waals surface area (Å²) in [6.45, 7) is 1.77. The van der Waals surface area contributed by atoms with E-state index >= 15 is 0 Å². The molecule has 0 aromatic carbocycles. The van der Waals surface area contributed by atoms with Gasteiger partial charge in [-0.2, -0.15) is 4.99 Å². The molecular weight excluding hydrogens is 164 g/mol. The molecule has 6 heteroatoms. The molecule has 0 atom stereocenters. The van der Waals surface area contributed by atoms with Crippen LogP contribution in [0.4, 0.5) is 0 Å². The van der Waals surface area contributed by atoms with Crippen LogP contribution in [0.15, 0.2) is 4.99 Å². The zero-order valence-corrected chi connectivity index (χ0v) is 6.49. The number of aliphatic imine (C=N–C) groups is 1. The van der Waals surface area contributed by atoms with E-state index in [-0.39, 0.29) is 6.54 Å². The second-order valence-corrected chi connectivity index (χ2v) is 1.31. The van der Waals surface area contributed by atoms with Crippen molar-refractivity contribution in [2.24, 2.45) is 4.99 Å². The smallest absolute Gasteiger partial charge is 0.328 e. The first kappa shape index (κ1) is 12.9. The Hall–Kier alpha value is -1.77. The van der Waals surface area contributed by atoms with Gasteiger partial charge >= 0.3 is 5.97 Å². The van der Waals surface area contributed by atoms with Gasteiger partial charge in [-0.3, -0.25) is 4.79 Å². The lowest BCUT2D eigenvalue weighted by Gasteiger charge is -1.93. The maximum absolute atomic E-state index is 10.3. The number of hydrogen-bond acceptors (Lipinski definition) is 6. The third-order valence-electron chi connectivity index (χ3n) is 0.578. The molecule has 0 aromatic heterocycles. The van der Waals surface area contributed by atoms with Crippen molar-refractivity contribution in [1.82, 2.24) is 0 Å². The van der Waals surface area contributed by atoms with Gasteiger partial charge in [0.15, 0.2) is 0 Å². The van der Waals surface area contributed by atoms with Crippen molar-refractivity contribution in [3.8, 4) is 0 Å². The van der Waals surface area contributed by atoms with Crippen molar-refractivity contribution in [2.45, 2.75) is 6.92 Å². The quantitative estimate of drug-likeness (QED) is 0.361. The molecule has 0 aliphatic rings. The summed E-state index contributed by atoms with van der Waals surface area (Å²) in [4.78, 5) is 31.1. The number of carbonyl (C=O) groups excluding carboxylic acids is 3. The van der Waals surface area contributed by atoms with Crippen molar-refractivity contribution >= 4 is 18.1 Å². The maximum Gasteiger partial charge on any atom is 0.328 e. The highest BCUT2D eigenvalue weighted by Crippen LogP contribution is 1.76. The highest BCUT2D eigenvalue weighted by Gasteiger charge is 1.95. The van der Waals surface area contributed by atoms with Gasteiger partial charge in [0.25, 0.3) is 0 Å². The van der Waals surface area contributed by atoms with Crippen LogP contribution in [0.2, 0.25) is 0 Å². The number of esters is 1. The molecule has 0 heterocycles. The first-order chi connectivity index (χ1) is 5.72. The summed E-state index contributed by atoms with van der Waals surface area (Å²) in [7, 11) is 0. The van der Waals surface area contributed by atoms with Crippen LogP contribution in [-0.4, -0.2) is 31.3 Å². The molecule has 1 N–H and O–H groups in total. The second-order valence-electron chi connectivity index (χ2n) is 1.31. The van der Waals surface area contributed by atoms with E-state index in [1.54, 1.807) is 6.92 Å². The standard InChI is InChI=1S/C5H7NO3.CHNO/c1-2-9-5(8)3-6-4-7;2-1-3/h2-3H2,1H3;2H. The van der Waals surface area contributed by atoms with E-state index in [9.17, 15) is 9.59 Å². The molecular formula is C6H8N2O4. The summed E-state index contributed by atoms with van der Waals surface area (Å²) < 4.78 is 4.43. The molecule has 0 fully saturated rings. The first-order valence-corrected chi connectivity index (χ1v) is 2.96. The topological polar surface area (TPSA) is 96.7 Å². The summed E-state index contributed by atoms with van der Waals surface area (Å²) >= 11 is 0. The normalized spacial score (nSPS) is 6.42. The van der Waals surface area contributed by atoms with Crippen LogP contribution >= 0.6 is 0 Å². The van der Waals surface area contributed by atoms with Gasteiger partial charge in [0, 0.05) is 0 Å². The van der Waals surface area contributed by atoms with Gasteiger partial charge in [-0.05, 0) is 6.92 Å². The Labute approximate surface area is 68.7 Å². The minimum absolute atomic E-state index is 0.225. The Morgan fingerprint density at radius 3 is 2.42 bits per heavy atom. The van der Waals surface area contributed by atoms with Gasteiger partial charge in [-0.1, -0.05) is 0 Å². The van der Waals surface area contributed by atoms with Gasteiger partial charge in [0.05, 0.1) is 6.61 Å². The highest BCUT2D eigenvalue weighted by atomic mass is 16.5. The molecule has 0 spiro atoms. The lowest BCUT2D eigenvalue weighted by Crippen LogP contribution is -2.06. The Bertz CT molecular complexity index is 202. The molecule has 0 unspecified atom stereocenters. The van der Waals surface area contributed by atoms with Crippen molar-refractivity contribution in [3.63, 3.8) is 0 Å². The van der Waals surface area contributed by atoms with Crippen LogP contribution < -0.4 is 0 Å². The minimum Gasteiger partial charge on any atom is -0.465 e. The molecule has 66 valence electrons. The number of hydrogen-bond donors (Lipinski definition) is 1. The Morgan fingerprint density at radius 1 is 1.58 bits per heavy atom. The van der Waals surface area contributed by atoms with Gasteiger partial charge in [0.1, 0.15) is 6.54 Å². The van der Waals surface area contributed by atoms with E-state index < -0.39 is 5.97 Å². The van der Waals surface area contributed by atoms with Crippen LogP contribution in [0, 0.1) is 5.41 Å². The summed E-state index contributed by atoms with van der Waals surface area (Å²) in [5.74, 6) is -0.499. The predicted octanol–water partition coefficient (Wildman–Crippen LogP) is -0.214. The minimum atomic E-state index is -0.499. The molecule has 12 heavy (non-hydrogen) atoms. The monoisotopic (exact) mass is 172 g/mol. The molecule has 0 aromatic rings. The number of ether oxygens (including phenoxy) is 1. The second kappa shape index (κ2) is 12.0. The summed E-state index contributed by atoms with van der Waals surface area (Å²) in [5, 5.41) is 5.40. The van der Waals surface area contributed by atoms with Crippen molar-refractivity contribution in [3.05, 3.63) is 0 Å². The number of nitrogens with zero attached hydrogens (tertiary/aromatic N) is 1. The van der Waals surface area contributed by atoms with E-state index in [1.165, 1.54) is 6.08 Å². The van der Waals surface area contributed by atoms with Crippen molar-refractivity contribution in [1.29, 1.82) is 5.41 Å². The average molecular weight is 172 g/mol. The SMILES string of the molecule is CCOC(=O)CN=C=O.N=C=O. The first-order valence-electron chi connectivity index (χ1n) is 2.96. The van der Waals surface area contributed by atoms with Gasteiger partial charge < -0.3 is 4.74 Å². The maximum atomic E-state index is 10.3. The molecule has 0 rings (SSSR count). The van der Waals surface area contributed by atoms with Gasteiger partial charge in [-0.15, -0.1) is 0 Å². The largest absolute Gasteiger partial charge is 0.465 e. The summed E-state index contributed by atoms with van der Waals surface area (Å²) in [6.07, 6.45) is 1.98. The van der Waals surface area contributed by atoms with Crippen LogP contribution in [0.3, 0.4) is 0 Å². The van der Waals surface area contributed by atoms with E-state index in [1.807, 2.05) is 0 Å². The third-order valence-corrected chi connectivity index (χ3v) is 0.578. The fourth-order valence-electron chi connectivity index (χ4n) is 0.303. The molecule has 0 aliphatic carbocycles. The molecule has 6 nitrogen and oxygen atoms in total. The van der Waals surface area contributed by atoms with Gasteiger partial charge in [-0.25, -0.2) is 15.0 Å². The fraction of sp³-hybridized carbons (Fsp3) is 0.500. The Morgan fingerprint density at radius 2 is 2.08 bits per heavy atom. The molecule has 0 saturated carbocycles. The molecule has 0 saturated heterocycles. The lowest BCUT2D eigenvalue weighted by atomic mass is 10.7. The average Bonchev–Trinajstić information content (AvgIpc) is 2.03. The van der Waals surface area contributed by atoms with Crippen molar-refractivity contribution in [2.75, 3.05) is 13.2 Å². The fourth-order valence-corrected chi connectivity index (χ4v) is 0.303. The highest BCUT2D eigenvalue weighted by molar-refractivity contribution is 5.72. The molecule has 0 aliphatic heterocycles. The molecule has 0 bridgehead atoms. The number of nitrogens with one attached hydrogen (secondary N) is 1. The molecule has 0 radical (unpaired) electrons. The lowest BCUT2D eigenvalue weighted by molar-refractivity contribution is -0.141. The Kier molecular flexibility index (Phi) is 12.8. The van der Waals surface area contributed by atoms with Crippen molar-refractivity contribution < 1.29 is 19.1 Å². The number of rotatable bonds is 3. The van der Waals surface area contributed by atoms with Crippen LogP contribution in [-0.2, 0) is 19.1 Å². The Balaban J connectivity index is 0. The van der Waals surface area contributed by atoms with Crippen LogP contribution in [0.25, 0.3) is 0 Å². The van der Waals surface area contributed by atoms with E-state index in [2.05, 4.69) is 9.73 Å². The number of isocyanates is 2. The zero-order chi connectivity index (χ0) is 9.82.